The zero-order valence-electron chi connectivity index (χ0n) is 20.3. The normalized spacial score (nSPS) is 18.2. The van der Waals surface area contributed by atoms with Crippen LogP contribution in [0.15, 0.2) is 48.5 Å². The van der Waals surface area contributed by atoms with Gasteiger partial charge in [-0.3, -0.25) is 9.59 Å². The highest BCUT2D eigenvalue weighted by Gasteiger charge is 2.40. The van der Waals surface area contributed by atoms with Crippen LogP contribution >= 0.6 is 0 Å². The molecule has 0 radical (unpaired) electrons. The smallest absolute Gasteiger partial charge is 0.407 e. The molecule has 2 aromatic rings. The Labute approximate surface area is 205 Å². The zero-order chi connectivity index (χ0) is 25.2. The van der Waals surface area contributed by atoms with Gasteiger partial charge in [-0.1, -0.05) is 48.5 Å². The van der Waals surface area contributed by atoms with E-state index in [4.69, 9.17) is 9.47 Å². The lowest BCUT2D eigenvalue weighted by molar-refractivity contribution is -0.154. The molecular formula is C27H32N2O6. The number of carboxylic acid groups (broad SMARTS) is 1. The van der Waals surface area contributed by atoms with Crippen LogP contribution in [0.5, 0.6) is 0 Å². The number of ether oxygens (including phenoxy) is 2. The molecule has 0 spiro atoms. The van der Waals surface area contributed by atoms with Gasteiger partial charge in [0.2, 0.25) is 5.91 Å². The number of piperidine rings is 1. The van der Waals surface area contributed by atoms with E-state index in [0.29, 0.717) is 25.9 Å². The molecule has 4 rings (SSSR count). The summed E-state index contributed by atoms with van der Waals surface area (Å²) in [6, 6.07) is 15.2. The number of amides is 2. The summed E-state index contributed by atoms with van der Waals surface area (Å²) in [4.78, 5) is 39.1. The molecule has 0 bridgehead atoms. The fraction of sp³-hybridized carbons (Fsp3) is 0.444. The number of carbonyl (C=O) groups excluding carboxylic acids is 2. The molecular weight excluding hydrogens is 448 g/mol. The van der Waals surface area contributed by atoms with Gasteiger partial charge in [-0.2, -0.15) is 0 Å². The Bertz CT molecular complexity index is 1060. The molecule has 8 heteroatoms. The highest BCUT2D eigenvalue weighted by atomic mass is 16.5. The summed E-state index contributed by atoms with van der Waals surface area (Å²) in [6.45, 7) is 4.16. The van der Waals surface area contributed by atoms with Crippen molar-refractivity contribution in [1.29, 1.82) is 0 Å². The van der Waals surface area contributed by atoms with E-state index in [9.17, 15) is 19.5 Å². The minimum absolute atomic E-state index is 0.0852. The topological polar surface area (TPSA) is 105 Å². The lowest BCUT2D eigenvalue weighted by Crippen LogP contribution is -2.56. The largest absolute Gasteiger partial charge is 0.481 e. The summed E-state index contributed by atoms with van der Waals surface area (Å²) >= 11 is 0. The molecule has 0 aromatic heterocycles. The maximum absolute atomic E-state index is 13.2. The van der Waals surface area contributed by atoms with Gasteiger partial charge in [0, 0.05) is 26.1 Å². The average Bonchev–Trinajstić information content (AvgIpc) is 3.19. The third-order valence-corrected chi connectivity index (χ3v) is 7.42. The third-order valence-electron chi connectivity index (χ3n) is 7.42. The first-order valence-electron chi connectivity index (χ1n) is 11.9. The second kappa shape index (κ2) is 10.1. The fourth-order valence-electron chi connectivity index (χ4n) is 4.91. The van der Waals surface area contributed by atoms with E-state index >= 15 is 0 Å². The second-order valence-corrected chi connectivity index (χ2v) is 9.58. The lowest BCUT2D eigenvalue weighted by Gasteiger charge is -2.38. The molecule has 2 N–H and O–H groups in total. The van der Waals surface area contributed by atoms with Crippen molar-refractivity contribution in [3.63, 3.8) is 0 Å². The predicted octanol–water partition coefficient (Wildman–Crippen LogP) is 3.64. The Morgan fingerprint density at radius 1 is 1.06 bits per heavy atom. The minimum Gasteiger partial charge on any atom is -0.481 e. The number of likely N-dealkylation sites (tertiary alicyclic amines) is 1. The highest BCUT2D eigenvalue weighted by molar-refractivity contribution is 5.87. The highest BCUT2D eigenvalue weighted by Crippen LogP contribution is 2.44. The van der Waals surface area contributed by atoms with Crippen molar-refractivity contribution in [3.8, 4) is 11.1 Å². The summed E-state index contributed by atoms with van der Waals surface area (Å²) in [5, 5.41) is 12.1. The quantitative estimate of drug-likeness (QED) is 0.627. The van der Waals surface area contributed by atoms with Crippen molar-refractivity contribution < 1.29 is 29.0 Å². The van der Waals surface area contributed by atoms with E-state index in [1.165, 1.54) is 7.11 Å². The van der Waals surface area contributed by atoms with Gasteiger partial charge in [0.1, 0.15) is 12.6 Å². The molecule has 1 saturated heterocycles. The predicted molar refractivity (Wildman–Crippen MR) is 130 cm³/mol. The molecule has 0 unspecified atom stereocenters. The van der Waals surface area contributed by atoms with E-state index < -0.39 is 29.6 Å². The van der Waals surface area contributed by atoms with Gasteiger partial charge in [-0.15, -0.1) is 0 Å². The summed E-state index contributed by atoms with van der Waals surface area (Å²) in [7, 11) is 1.47. The molecule has 1 fully saturated rings. The maximum atomic E-state index is 13.2. The first-order chi connectivity index (χ1) is 16.7. The number of aliphatic carboxylic acids is 1. The molecule has 2 amide bonds. The van der Waals surface area contributed by atoms with E-state index in [1.807, 2.05) is 36.4 Å². The van der Waals surface area contributed by atoms with Crippen molar-refractivity contribution >= 4 is 18.0 Å². The number of rotatable bonds is 7. The number of hydrogen-bond acceptors (Lipinski definition) is 5. The molecule has 8 nitrogen and oxygen atoms in total. The molecule has 35 heavy (non-hydrogen) atoms. The van der Waals surface area contributed by atoms with Gasteiger partial charge < -0.3 is 24.8 Å². The summed E-state index contributed by atoms with van der Waals surface area (Å²) in [5.41, 5.74) is 3.64. The first kappa shape index (κ1) is 24.7. The average molecular weight is 481 g/mol. The van der Waals surface area contributed by atoms with Gasteiger partial charge >= 0.3 is 12.1 Å². The number of methoxy groups -OCH3 is 1. The minimum atomic E-state index is -0.940. The number of alkyl carbamates (subject to hydrolysis) is 1. The Morgan fingerprint density at radius 2 is 1.60 bits per heavy atom. The van der Waals surface area contributed by atoms with E-state index in [0.717, 1.165) is 22.3 Å². The molecule has 2 aromatic carbocycles. The number of hydrogen-bond donors (Lipinski definition) is 2. The van der Waals surface area contributed by atoms with Gasteiger partial charge in [0.15, 0.2) is 0 Å². The number of carboxylic acids is 1. The van der Waals surface area contributed by atoms with Crippen LogP contribution in [-0.2, 0) is 19.1 Å². The Kier molecular flexibility index (Phi) is 7.12. The number of carbonyl (C=O) groups is 3. The molecule has 0 saturated carbocycles. The summed E-state index contributed by atoms with van der Waals surface area (Å²) < 4.78 is 11.0. The third kappa shape index (κ3) is 4.89. The van der Waals surface area contributed by atoms with Gasteiger partial charge in [0.25, 0.3) is 0 Å². The zero-order valence-corrected chi connectivity index (χ0v) is 20.3. The van der Waals surface area contributed by atoms with Gasteiger partial charge in [0.05, 0.1) is 11.5 Å². The van der Waals surface area contributed by atoms with E-state index in [1.54, 1.807) is 18.7 Å². The maximum Gasteiger partial charge on any atom is 0.407 e. The van der Waals surface area contributed by atoms with Crippen LogP contribution in [0.4, 0.5) is 4.79 Å². The molecule has 1 aliphatic carbocycles. The standard InChI is InChI=1S/C27H32N2O6/c1-17(34-3)23(24(30)29-14-12-27(2,13-15-29)25(31)32)28-26(33)35-16-22-20-10-6-4-8-18(20)19-9-5-7-11-21(19)22/h4-11,17,22-23H,12-16H2,1-3H3,(H,28,33)(H,31,32)/t17-,23+/m1/s1. The van der Waals surface area contributed by atoms with Crippen LogP contribution in [0.2, 0.25) is 0 Å². The van der Waals surface area contributed by atoms with Gasteiger partial charge in [-0.25, -0.2) is 4.79 Å². The fourth-order valence-corrected chi connectivity index (χ4v) is 4.91. The Hall–Kier alpha value is -3.39. The number of nitrogens with zero attached hydrogens (tertiary/aromatic N) is 1. The van der Waals surface area contributed by atoms with Crippen LogP contribution in [0.25, 0.3) is 11.1 Å². The van der Waals surface area contributed by atoms with Crippen LogP contribution in [-0.4, -0.2) is 66.9 Å². The Balaban J connectivity index is 1.41. The van der Waals surface area contributed by atoms with Crippen LogP contribution < -0.4 is 5.32 Å². The van der Waals surface area contributed by atoms with Crippen molar-refractivity contribution in [2.24, 2.45) is 5.41 Å². The van der Waals surface area contributed by atoms with Crippen LogP contribution in [0.3, 0.4) is 0 Å². The van der Waals surface area contributed by atoms with Crippen LogP contribution in [0.1, 0.15) is 43.7 Å². The first-order valence-corrected chi connectivity index (χ1v) is 11.9. The van der Waals surface area contributed by atoms with Crippen molar-refractivity contribution in [3.05, 3.63) is 59.7 Å². The molecule has 1 heterocycles. The Morgan fingerprint density at radius 3 is 2.11 bits per heavy atom. The molecule has 2 atom stereocenters. The SMILES string of the molecule is CO[C@H](C)[C@H](NC(=O)OCC1c2ccccc2-c2ccccc21)C(=O)N1CCC(C)(C(=O)O)CC1. The van der Waals surface area contributed by atoms with E-state index in [-0.39, 0.29) is 18.4 Å². The monoisotopic (exact) mass is 480 g/mol. The summed E-state index contributed by atoms with van der Waals surface area (Å²) in [6.07, 6.45) is -0.572. The van der Waals surface area contributed by atoms with Crippen LogP contribution in [0, 0.1) is 5.41 Å². The molecule has 186 valence electrons. The lowest BCUT2D eigenvalue weighted by atomic mass is 9.80. The van der Waals surface area contributed by atoms with Crippen molar-refractivity contribution in [2.75, 3.05) is 26.8 Å². The number of fused-ring (bicyclic) bond motifs is 3. The molecule has 1 aliphatic heterocycles. The van der Waals surface area contributed by atoms with Crippen molar-refractivity contribution in [1.82, 2.24) is 10.2 Å². The van der Waals surface area contributed by atoms with E-state index in [2.05, 4.69) is 17.4 Å². The summed E-state index contributed by atoms with van der Waals surface area (Å²) in [5.74, 6) is -1.25. The van der Waals surface area contributed by atoms with Crippen molar-refractivity contribution in [2.45, 2.75) is 44.8 Å². The number of nitrogens with one attached hydrogen (secondary N) is 1. The number of benzene rings is 2. The second-order valence-electron chi connectivity index (χ2n) is 9.58. The van der Waals surface area contributed by atoms with Gasteiger partial charge in [-0.05, 0) is 48.9 Å². The molecule has 2 aliphatic rings.